The zero-order valence-corrected chi connectivity index (χ0v) is 13.1. The maximum absolute atomic E-state index is 4.27. The Balaban J connectivity index is 1.50. The molecule has 0 radical (unpaired) electrons. The van der Waals surface area contributed by atoms with Crippen molar-refractivity contribution < 1.29 is 0 Å². The van der Waals surface area contributed by atoms with Gasteiger partial charge in [0.05, 0.1) is 5.00 Å². The van der Waals surface area contributed by atoms with Crippen molar-refractivity contribution >= 4 is 26.4 Å². The van der Waals surface area contributed by atoms with Crippen LogP contribution in [0.1, 0.15) is 25.7 Å². The van der Waals surface area contributed by atoms with E-state index < -0.39 is 0 Å². The van der Waals surface area contributed by atoms with Gasteiger partial charge in [0.25, 0.3) is 0 Å². The zero-order valence-electron chi connectivity index (χ0n) is 12.2. The molecule has 3 atom stereocenters. The van der Waals surface area contributed by atoms with Crippen molar-refractivity contribution in [1.82, 2.24) is 9.88 Å². The molecule has 2 aromatic heterocycles. The van der Waals surface area contributed by atoms with Crippen LogP contribution in [0.25, 0.3) is 10.1 Å². The molecule has 1 saturated carbocycles. The molecule has 3 aliphatic rings. The number of thiophene rings is 1. The van der Waals surface area contributed by atoms with E-state index in [9.17, 15) is 0 Å². The van der Waals surface area contributed by atoms with E-state index >= 15 is 0 Å². The third kappa shape index (κ3) is 2.16. The highest BCUT2D eigenvalue weighted by Gasteiger charge is 2.40. The Hall–Kier alpha value is -1.13. The molecule has 0 amide bonds. The number of fused-ring (bicyclic) bond motifs is 3. The Morgan fingerprint density at radius 1 is 1.19 bits per heavy atom. The minimum absolute atomic E-state index is 0.736. The predicted molar refractivity (Wildman–Crippen MR) is 88.1 cm³/mol. The van der Waals surface area contributed by atoms with Gasteiger partial charge >= 0.3 is 0 Å². The average Bonchev–Trinajstić information content (AvgIpc) is 3.14. The van der Waals surface area contributed by atoms with E-state index in [1.165, 1.54) is 60.4 Å². The average molecular weight is 299 g/mol. The summed E-state index contributed by atoms with van der Waals surface area (Å²) in [6, 6.07) is 6.06. The topological polar surface area (TPSA) is 19.4 Å². The van der Waals surface area contributed by atoms with Crippen LogP contribution in [-0.2, 0) is 0 Å². The van der Waals surface area contributed by atoms with Crippen molar-refractivity contribution in [2.45, 2.75) is 37.8 Å². The minimum atomic E-state index is 0.736. The summed E-state index contributed by atoms with van der Waals surface area (Å²) >= 11 is 1.96. The summed E-state index contributed by atoms with van der Waals surface area (Å²) in [6.45, 7) is 3.96. The monoisotopic (exact) mass is 299 g/mol. The van der Waals surface area contributed by atoms with Gasteiger partial charge in [0, 0.05) is 47.7 Å². The summed E-state index contributed by atoms with van der Waals surface area (Å²) in [7, 11) is 0. The van der Waals surface area contributed by atoms with Crippen LogP contribution in [0.5, 0.6) is 0 Å². The molecule has 4 heterocycles. The van der Waals surface area contributed by atoms with E-state index in [-0.39, 0.29) is 0 Å². The summed E-state index contributed by atoms with van der Waals surface area (Å²) in [6.07, 6.45) is 9.51. The van der Waals surface area contributed by atoms with Gasteiger partial charge in [-0.05, 0) is 50.3 Å². The van der Waals surface area contributed by atoms with Crippen LogP contribution in [-0.4, -0.2) is 41.6 Å². The summed E-state index contributed by atoms with van der Waals surface area (Å²) in [5.74, 6) is 0.945. The smallest absolute Gasteiger partial charge is 0.0927 e. The zero-order chi connectivity index (χ0) is 13.8. The van der Waals surface area contributed by atoms with Gasteiger partial charge in [0.15, 0.2) is 0 Å². The van der Waals surface area contributed by atoms with Crippen molar-refractivity contribution in [3.63, 3.8) is 0 Å². The fourth-order valence-electron chi connectivity index (χ4n) is 4.24. The van der Waals surface area contributed by atoms with E-state index in [1.807, 2.05) is 23.7 Å². The lowest BCUT2D eigenvalue weighted by Crippen LogP contribution is -2.48. The maximum Gasteiger partial charge on any atom is 0.0927 e. The standard InChI is InChI=1S/C17H21N3S/c1-2-14(1)20(15-7-12-4-6-19(10-12)11-15)17-8-13-9-18-5-3-16(13)21-17/h3,5,8-9,12,14-15H,1-2,4,6-7,10-11H2/t12-,15-/m1/s1. The fourth-order valence-corrected chi connectivity index (χ4v) is 5.41. The molecule has 3 fully saturated rings. The van der Waals surface area contributed by atoms with E-state index in [2.05, 4.69) is 26.9 Å². The van der Waals surface area contributed by atoms with Gasteiger partial charge in [-0.25, -0.2) is 0 Å². The number of anilines is 1. The quantitative estimate of drug-likeness (QED) is 0.866. The maximum atomic E-state index is 4.27. The van der Waals surface area contributed by atoms with E-state index in [1.54, 1.807) is 0 Å². The molecule has 0 spiro atoms. The largest absolute Gasteiger partial charge is 0.356 e. The molecule has 110 valence electrons. The van der Waals surface area contributed by atoms with E-state index in [4.69, 9.17) is 0 Å². The molecule has 2 bridgehead atoms. The Labute approximate surface area is 129 Å². The molecule has 1 unspecified atom stereocenters. The van der Waals surface area contributed by atoms with Gasteiger partial charge in [0.1, 0.15) is 0 Å². The first-order valence-electron chi connectivity index (χ1n) is 8.21. The van der Waals surface area contributed by atoms with Gasteiger partial charge in [-0.15, -0.1) is 11.3 Å². The number of nitrogens with zero attached hydrogens (tertiary/aromatic N) is 3. The second kappa shape index (κ2) is 4.68. The van der Waals surface area contributed by atoms with Gasteiger partial charge in [-0.1, -0.05) is 0 Å². The normalized spacial score (nSPS) is 31.7. The van der Waals surface area contributed by atoms with E-state index in [0.29, 0.717) is 0 Å². The highest BCUT2D eigenvalue weighted by Crippen LogP contribution is 2.42. The first kappa shape index (κ1) is 12.4. The molecule has 2 aliphatic heterocycles. The summed E-state index contributed by atoms with van der Waals surface area (Å²) < 4.78 is 1.38. The molecule has 5 rings (SSSR count). The van der Waals surface area contributed by atoms with Crippen molar-refractivity contribution in [2.24, 2.45) is 5.92 Å². The number of hydrogen-bond acceptors (Lipinski definition) is 4. The van der Waals surface area contributed by atoms with Crippen LogP contribution in [0.4, 0.5) is 5.00 Å². The Morgan fingerprint density at radius 2 is 2.14 bits per heavy atom. The third-order valence-electron chi connectivity index (χ3n) is 5.34. The first-order chi connectivity index (χ1) is 10.4. The number of rotatable bonds is 3. The Morgan fingerprint density at radius 3 is 2.95 bits per heavy atom. The first-order valence-corrected chi connectivity index (χ1v) is 9.03. The third-order valence-corrected chi connectivity index (χ3v) is 6.47. The lowest BCUT2D eigenvalue weighted by atomic mass is 9.95. The molecule has 0 aromatic carbocycles. The second-order valence-electron chi connectivity index (χ2n) is 6.94. The molecular weight excluding hydrogens is 278 g/mol. The highest BCUT2D eigenvalue weighted by molar-refractivity contribution is 7.22. The van der Waals surface area contributed by atoms with Crippen molar-refractivity contribution in [2.75, 3.05) is 24.5 Å². The predicted octanol–water partition coefficient (Wildman–Crippen LogP) is 3.36. The fraction of sp³-hybridized carbons (Fsp3) is 0.588. The lowest BCUT2D eigenvalue weighted by Gasteiger charge is -2.39. The summed E-state index contributed by atoms with van der Waals surface area (Å²) in [5, 5.41) is 2.79. The minimum Gasteiger partial charge on any atom is -0.356 e. The van der Waals surface area contributed by atoms with Crippen LogP contribution < -0.4 is 4.90 Å². The van der Waals surface area contributed by atoms with Gasteiger partial charge in [-0.3, -0.25) is 4.98 Å². The Bertz CT molecular complexity index is 618. The SMILES string of the molecule is c1cc2sc(N(C3CC3)[C@@H]3C[C@H]4CCN(C4)C3)cc2cn1. The number of pyridine rings is 1. The van der Waals surface area contributed by atoms with Gasteiger partial charge in [-0.2, -0.15) is 0 Å². The highest BCUT2D eigenvalue weighted by atomic mass is 32.1. The van der Waals surface area contributed by atoms with E-state index in [0.717, 1.165) is 18.0 Å². The Kier molecular flexibility index (Phi) is 2.77. The van der Waals surface area contributed by atoms with Crippen LogP contribution in [0.15, 0.2) is 24.5 Å². The second-order valence-corrected chi connectivity index (χ2v) is 8.00. The molecule has 3 nitrogen and oxygen atoms in total. The van der Waals surface area contributed by atoms with Gasteiger partial charge in [0.2, 0.25) is 0 Å². The number of hydrogen-bond donors (Lipinski definition) is 0. The molecule has 1 aliphatic carbocycles. The summed E-state index contributed by atoms with van der Waals surface area (Å²) in [4.78, 5) is 9.73. The van der Waals surface area contributed by atoms with Crippen LogP contribution >= 0.6 is 11.3 Å². The number of aromatic nitrogens is 1. The van der Waals surface area contributed by atoms with Crippen molar-refractivity contribution in [3.05, 3.63) is 24.5 Å². The molecule has 2 aromatic rings. The van der Waals surface area contributed by atoms with Crippen LogP contribution in [0, 0.1) is 5.92 Å². The molecule has 21 heavy (non-hydrogen) atoms. The molecule has 0 N–H and O–H groups in total. The summed E-state index contributed by atoms with van der Waals surface area (Å²) in [5.41, 5.74) is 0. The molecular formula is C17H21N3S. The van der Waals surface area contributed by atoms with Crippen molar-refractivity contribution in [1.29, 1.82) is 0 Å². The molecule has 4 heteroatoms. The lowest BCUT2D eigenvalue weighted by molar-refractivity contribution is 0.236. The van der Waals surface area contributed by atoms with Crippen molar-refractivity contribution in [3.8, 4) is 0 Å². The van der Waals surface area contributed by atoms with Crippen LogP contribution in [0.3, 0.4) is 0 Å². The molecule has 2 saturated heterocycles. The number of piperidine rings is 1. The van der Waals surface area contributed by atoms with Crippen LogP contribution in [0.2, 0.25) is 0 Å². The van der Waals surface area contributed by atoms with Gasteiger partial charge < -0.3 is 9.80 Å².